The van der Waals surface area contributed by atoms with Crippen LogP contribution >= 0.6 is 0 Å². The van der Waals surface area contributed by atoms with Crippen molar-refractivity contribution in [3.05, 3.63) is 59.2 Å². The predicted molar refractivity (Wildman–Crippen MR) is 118 cm³/mol. The highest BCUT2D eigenvalue weighted by Crippen LogP contribution is 2.38. The highest BCUT2D eigenvalue weighted by molar-refractivity contribution is 5.99. The molecule has 3 rings (SSSR count). The summed E-state index contributed by atoms with van der Waals surface area (Å²) in [6, 6.07) is 9.42. The van der Waals surface area contributed by atoms with Crippen LogP contribution in [0, 0.1) is 11.5 Å². The second-order valence-electron chi connectivity index (χ2n) is 7.95. The summed E-state index contributed by atoms with van der Waals surface area (Å²) in [5, 5.41) is 21.7. The average molecular weight is 475 g/mol. The van der Waals surface area contributed by atoms with Gasteiger partial charge in [0.2, 0.25) is 12.2 Å². The molecule has 0 unspecified atom stereocenters. The summed E-state index contributed by atoms with van der Waals surface area (Å²) < 4.78 is 45.3. The molecule has 4 N–H and O–H groups in total. The Morgan fingerprint density at radius 3 is 2.59 bits per heavy atom. The van der Waals surface area contributed by atoms with Crippen molar-refractivity contribution in [2.45, 2.75) is 24.4 Å². The SMILES string of the molecule is COc1cccc(O)c1C(=O)NCC1(c2cccc(C(F)(F)F)c2)CCN(/C(N)=N/C#N)CC1. The van der Waals surface area contributed by atoms with Gasteiger partial charge in [-0.1, -0.05) is 24.3 Å². The molecule has 0 atom stereocenters. The van der Waals surface area contributed by atoms with Crippen molar-refractivity contribution in [3.8, 4) is 17.7 Å². The fourth-order valence-electron chi connectivity index (χ4n) is 4.13. The predicted octanol–water partition coefficient (Wildman–Crippen LogP) is 2.98. The second kappa shape index (κ2) is 9.91. The summed E-state index contributed by atoms with van der Waals surface area (Å²) in [6.45, 7) is 0.653. The maximum absolute atomic E-state index is 13.4. The van der Waals surface area contributed by atoms with E-state index < -0.39 is 23.1 Å². The van der Waals surface area contributed by atoms with Crippen molar-refractivity contribution in [2.75, 3.05) is 26.7 Å². The number of likely N-dealkylation sites (tertiary alicyclic amines) is 1. The number of hydrogen-bond acceptors (Lipinski definition) is 5. The Balaban J connectivity index is 1.92. The Labute approximate surface area is 194 Å². The van der Waals surface area contributed by atoms with Gasteiger partial charge in [-0.3, -0.25) is 4.79 Å². The number of hydrogen-bond donors (Lipinski definition) is 3. The lowest BCUT2D eigenvalue weighted by Gasteiger charge is -2.42. The summed E-state index contributed by atoms with van der Waals surface area (Å²) in [4.78, 5) is 18.1. The number of ether oxygens (including phenoxy) is 1. The second-order valence-corrected chi connectivity index (χ2v) is 7.95. The summed E-state index contributed by atoms with van der Waals surface area (Å²) in [6.07, 6.45) is -2.22. The minimum Gasteiger partial charge on any atom is -0.507 e. The lowest BCUT2D eigenvalue weighted by atomic mass is 9.72. The standard InChI is InChI=1S/C23H24F3N5O3/c1-34-18-7-3-6-17(32)19(18)20(33)29-13-22(8-10-31(11-9-22)21(28)30-14-27)15-4-2-5-16(12-15)23(24,25)26/h2-7,12,32H,8-11,13H2,1H3,(H2,28,30)(H,29,33). The van der Waals surface area contributed by atoms with Crippen LogP contribution in [-0.2, 0) is 11.6 Å². The molecular weight excluding hydrogens is 451 g/mol. The number of aromatic hydroxyl groups is 1. The summed E-state index contributed by atoms with van der Waals surface area (Å²) >= 11 is 0. The number of nitrogens with two attached hydrogens (primary N) is 1. The molecule has 34 heavy (non-hydrogen) atoms. The first kappa shape index (κ1) is 24.7. The molecule has 11 heteroatoms. The van der Waals surface area contributed by atoms with Gasteiger partial charge >= 0.3 is 6.18 Å². The van der Waals surface area contributed by atoms with Crippen molar-refractivity contribution in [1.29, 1.82) is 5.26 Å². The zero-order valence-electron chi connectivity index (χ0n) is 18.4. The van der Waals surface area contributed by atoms with E-state index in [4.69, 9.17) is 15.7 Å². The number of benzene rings is 2. The van der Waals surface area contributed by atoms with Gasteiger partial charge in [0.15, 0.2) is 0 Å². The van der Waals surface area contributed by atoms with Crippen LogP contribution in [-0.4, -0.2) is 48.6 Å². The molecule has 0 saturated carbocycles. The number of piperidine rings is 1. The van der Waals surface area contributed by atoms with Crippen LogP contribution in [0.25, 0.3) is 0 Å². The summed E-state index contributed by atoms with van der Waals surface area (Å²) in [5.41, 5.74) is 4.53. The third kappa shape index (κ3) is 5.17. The number of nitrogens with zero attached hydrogens (tertiary/aromatic N) is 3. The number of methoxy groups -OCH3 is 1. The molecular formula is C23H24F3N5O3. The van der Waals surface area contributed by atoms with E-state index in [0.29, 0.717) is 31.5 Å². The molecule has 0 radical (unpaired) electrons. The lowest BCUT2D eigenvalue weighted by molar-refractivity contribution is -0.137. The molecule has 8 nitrogen and oxygen atoms in total. The minimum atomic E-state index is -4.52. The number of nitriles is 1. The molecule has 1 fully saturated rings. The Morgan fingerprint density at radius 2 is 1.97 bits per heavy atom. The largest absolute Gasteiger partial charge is 0.507 e. The van der Waals surface area contributed by atoms with Crippen molar-refractivity contribution in [2.24, 2.45) is 10.7 Å². The lowest BCUT2D eigenvalue weighted by Crippen LogP contribution is -2.52. The summed E-state index contributed by atoms with van der Waals surface area (Å²) in [7, 11) is 1.36. The van der Waals surface area contributed by atoms with Gasteiger partial charge in [0.1, 0.15) is 17.1 Å². The molecule has 1 amide bonds. The van der Waals surface area contributed by atoms with Crippen LogP contribution in [0.3, 0.4) is 0 Å². The normalized spacial score (nSPS) is 16.0. The molecule has 0 aromatic heterocycles. The summed E-state index contributed by atoms with van der Waals surface area (Å²) in [5.74, 6) is -0.696. The maximum Gasteiger partial charge on any atom is 0.416 e. The van der Waals surface area contributed by atoms with Gasteiger partial charge < -0.3 is 25.8 Å². The van der Waals surface area contributed by atoms with Crippen LogP contribution in [0.1, 0.15) is 34.3 Å². The van der Waals surface area contributed by atoms with Gasteiger partial charge in [0.25, 0.3) is 5.91 Å². The van der Waals surface area contributed by atoms with E-state index in [0.717, 1.165) is 12.1 Å². The number of guanidine groups is 1. The van der Waals surface area contributed by atoms with Crippen molar-refractivity contribution < 1.29 is 27.8 Å². The van der Waals surface area contributed by atoms with Gasteiger partial charge in [-0.15, -0.1) is 4.99 Å². The van der Waals surface area contributed by atoms with Crippen LogP contribution < -0.4 is 15.8 Å². The van der Waals surface area contributed by atoms with Gasteiger partial charge in [0.05, 0.1) is 12.7 Å². The first-order chi connectivity index (χ1) is 16.1. The average Bonchev–Trinajstić information content (AvgIpc) is 2.82. The van der Waals surface area contributed by atoms with E-state index in [-0.39, 0.29) is 29.6 Å². The van der Waals surface area contributed by atoms with Crippen LogP contribution in [0.15, 0.2) is 47.5 Å². The first-order valence-electron chi connectivity index (χ1n) is 10.4. The number of phenolic OH excluding ortho intramolecular Hbond substituents is 1. The minimum absolute atomic E-state index is 0.00771. The first-order valence-corrected chi connectivity index (χ1v) is 10.4. The monoisotopic (exact) mass is 475 g/mol. The molecule has 1 aliphatic heterocycles. The van der Waals surface area contributed by atoms with Crippen LogP contribution in [0.4, 0.5) is 13.2 Å². The van der Waals surface area contributed by atoms with Crippen molar-refractivity contribution in [3.63, 3.8) is 0 Å². The molecule has 2 aromatic carbocycles. The zero-order chi connectivity index (χ0) is 24.9. The number of phenols is 1. The van der Waals surface area contributed by atoms with E-state index in [1.807, 2.05) is 0 Å². The van der Waals surface area contributed by atoms with Crippen molar-refractivity contribution >= 4 is 11.9 Å². The molecule has 0 aliphatic carbocycles. The Kier molecular flexibility index (Phi) is 7.20. The molecule has 0 spiro atoms. The third-order valence-corrected chi connectivity index (χ3v) is 6.05. The van der Waals surface area contributed by atoms with Gasteiger partial charge in [-0.25, -0.2) is 0 Å². The smallest absolute Gasteiger partial charge is 0.416 e. The topological polar surface area (TPSA) is 124 Å². The Morgan fingerprint density at radius 1 is 1.29 bits per heavy atom. The number of halogens is 3. The van der Waals surface area contributed by atoms with E-state index in [2.05, 4.69) is 10.3 Å². The van der Waals surface area contributed by atoms with Crippen LogP contribution in [0.2, 0.25) is 0 Å². The van der Waals surface area contributed by atoms with Gasteiger partial charge in [-0.05, 0) is 36.6 Å². The van der Waals surface area contributed by atoms with Crippen LogP contribution in [0.5, 0.6) is 11.5 Å². The number of carbonyl (C=O) groups is 1. The molecule has 180 valence electrons. The molecule has 1 aliphatic rings. The van der Waals surface area contributed by atoms with Crippen molar-refractivity contribution in [1.82, 2.24) is 10.2 Å². The Hall–Kier alpha value is -3.94. The van der Waals surface area contributed by atoms with E-state index >= 15 is 0 Å². The van der Waals surface area contributed by atoms with E-state index in [9.17, 15) is 23.1 Å². The highest BCUT2D eigenvalue weighted by atomic mass is 19.4. The number of aliphatic imine (C=N–C) groups is 1. The maximum atomic E-state index is 13.4. The quantitative estimate of drug-likeness (QED) is 0.347. The van der Waals surface area contributed by atoms with E-state index in [1.54, 1.807) is 17.2 Å². The third-order valence-electron chi connectivity index (χ3n) is 6.05. The fourth-order valence-corrected chi connectivity index (χ4v) is 4.13. The number of carbonyl (C=O) groups excluding carboxylic acids is 1. The Bertz CT molecular complexity index is 1120. The number of nitrogens with one attached hydrogen (secondary N) is 1. The number of alkyl halides is 3. The van der Waals surface area contributed by atoms with Gasteiger partial charge in [0, 0.05) is 25.0 Å². The highest BCUT2D eigenvalue weighted by Gasteiger charge is 2.39. The van der Waals surface area contributed by atoms with Gasteiger partial charge in [-0.2, -0.15) is 18.4 Å². The molecule has 1 heterocycles. The number of rotatable bonds is 5. The zero-order valence-corrected chi connectivity index (χ0v) is 18.4. The molecule has 0 bridgehead atoms. The number of amides is 1. The fraction of sp³-hybridized carbons (Fsp3) is 0.348. The molecule has 1 saturated heterocycles. The van der Waals surface area contributed by atoms with E-state index in [1.165, 1.54) is 31.4 Å². The molecule has 2 aromatic rings.